The molecule has 3 heterocycles. The van der Waals surface area contributed by atoms with Crippen molar-refractivity contribution in [3.8, 4) is 0 Å². The van der Waals surface area contributed by atoms with Crippen molar-refractivity contribution in [2.75, 3.05) is 26.4 Å². The van der Waals surface area contributed by atoms with E-state index in [1.807, 2.05) is 0 Å². The maximum atomic E-state index is 13.5. The minimum atomic E-state index is -1.97. The number of nitrogens with one attached hydrogen (secondary N) is 1. The number of aliphatic hydroxyl groups excluding tert-OH is 11. The number of ether oxygens (including phenoxy) is 6. The highest BCUT2D eigenvalue weighted by molar-refractivity contribution is 5.76. The monoisotopic (exact) mass is 1490 g/mol. The minimum Gasteiger partial charge on any atom is -0.394 e. The Kier molecular flexibility index (Phi) is 61.9. The molecule has 17 unspecified atom stereocenters. The Balaban J connectivity index is 1.27. The average Bonchev–Trinajstić information content (AvgIpc) is 0.782. The lowest BCUT2D eigenvalue weighted by atomic mass is 9.96. The quantitative estimate of drug-likeness (QED) is 0.0252. The molecule has 3 fully saturated rings. The Morgan fingerprint density at radius 2 is 0.548 bits per heavy atom. The number of unbranched alkanes of at least 4 members (excludes halogenated alkanes) is 57. The number of aliphatic hydroxyl groups is 11. The van der Waals surface area contributed by atoms with Gasteiger partial charge in [0.25, 0.3) is 0 Å². The first-order chi connectivity index (χ1) is 50.8. The molecular formula is C85H165NO18. The lowest BCUT2D eigenvalue weighted by molar-refractivity contribution is -0.379. The average molecular weight is 1490 g/mol. The van der Waals surface area contributed by atoms with Crippen molar-refractivity contribution in [3.05, 3.63) is 0 Å². The van der Waals surface area contributed by atoms with Crippen LogP contribution in [0.5, 0.6) is 0 Å². The predicted octanol–water partition coefficient (Wildman–Crippen LogP) is 16.1. The van der Waals surface area contributed by atoms with E-state index in [0.29, 0.717) is 12.8 Å². The smallest absolute Gasteiger partial charge is 0.220 e. The van der Waals surface area contributed by atoms with E-state index in [1.54, 1.807) is 0 Å². The van der Waals surface area contributed by atoms with Crippen molar-refractivity contribution in [1.82, 2.24) is 5.32 Å². The fourth-order valence-corrected chi connectivity index (χ4v) is 15.6. The van der Waals surface area contributed by atoms with E-state index in [9.17, 15) is 61.0 Å². The molecule has 0 aromatic heterocycles. The molecule has 0 aromatic carbocycles. The summed E-state index contributed by atoms with van der Waals surface area (Å²) in [6.45, 7) is 1.88. The van der Waals surface area contributed by atoms with Crippen LogP contribution >= 0.6 is 0 Å². The highest BCUT2D eigenvalue weighted by Gasteiger charge is 2.54. The highest BCUT2D eigenvalue weighted by atomic mass is 16.8. The summed E-state index contributed by atoms with van der Waals surface area (Å²) in [5.41, 5.74) is 0. The fourth-order valence-electron chi connectivity index (χ4n) is 15.6. The van der Waals surface area contributed by atoms with Crippen LogP contribution in [0.25, 0.3) is 0 Å². The Labute approximate surface area is 634 Å². The van der Waals surface area contributed by atoms with Crippen LogP contribution in [0, 0.1) is 0 Å². The molecule has 0 radical (unpaired) electrons. The van der Waals surface area contributed by atoms with Gasteiger partial charge >= 0.3 is 0 Å². The van der Waals surface area contributed by atoms with Gasteiger partial charge in [0.2, 0.25) is 5.91 Å². The molecule has 0 spiro atoms. The van der Waals surface area contributed by atoms with Crippen LogP contribution in [0.4, 0.5) is 0 Å². The summed E-state index contributed by atoms with van der Waals surface area (Å²) in [6.07, 6.45) is 52.4. The Morgan fingerprint density at radius 1 is 0.308 bits per heavy atom. The molecular weight excluding hydrogens is 1320 g/mol. The van der Waals surface area contributed by atoms with Crippen molar-refractivity contribution >= 4 is 5.91 Å². The van der Waals surface area contributed by atoms with Crippen molar-refractivity contribution in [2.45, 2.75) is 510 Å². The van der Waals surface area contributed by atoms with Gasteiger partial charge in [0, 0.05) is 6.42 Å². The van der Waals surface area contributed by atoms with Gasteiger partial charge in [-0.25, -0.2) is 0 Å². The lowest BCUT2D eigenvalue weighted by Crippen LogP contribution is -2.66. The van der Waals surface area contributed by atoms with Crippen LogP contribution in [0.1, 0.15) is 406 Å². The molecule has 104 heavy (non-hydrogen) atoms. The molecule has 3 rings (SSSR count). The first-order valence-corrected chi connectivity index (χ1v) is 44.3. The van der Waals surface area contributed by atoms with Gasteiger partial charge in [-0.3, -0.25) is 4.79 Å². The topological polar surface area (TPSA) is 307 Å². The maximum absolute atomic E-state index is 13.5. The summed E-state index contributed by atoms with van der Waals surface area (Å²) < 4.78 is 34.6. The van der Waals surface area contributed by atoms with E-state index >= 15 is 0 Å². The number of hydrogen-bond donors (Lipinski definition) is 12. The van der Waals surface area contributed by atoms with E-state index in [4.69, 9.17) is 28.4 Å². The Hall–Kier alpha value is -1.21. The van der Waals surface area contributed by atoms with E-state index in [0.717, 1.165) is 44.9 Å². The lowest BCUT2D eigenvalue weighted by Gasteiger charge is -2.48. The molecule has 0 saturated carbocycles. The zero-order valence-electron chi connectivity index (χ0n) is 66.6. The van der Waals surface area contributed by atoms with Gasteiger partial charge in [0.1, 0.15) is 73.2 Å². The summed E-state index contributed by atoms with van der Waals surface area (Å²) in [6, 6.07) is -0.883. The molecule has 1 amide bonds. The third-order valence-corrected chi connectivity index (χ3v) is 22.7. The molecule has 19 heteroatoms. The van der Waals surface area contributed by atoms with Crippen molar-refractivity contribution < 1.29 is 89.4 Å². The third-order valence-electron chi connectivity index (χ3n) is 22.7. The molecule has 12 N–H and O–H groups in total. The first kappa shape index (κ1) is 97.0. The second kappa shape index (κ2) is 66.4. The van der Waals surface area contributed by atoms with Crippen molar-refractivity contribution in [1.29, 1.82) is 0 Å². The second-order valence-electron chi connectivity index (χ2n) is 32.1. The molecule has 0 aromatic rings. The first-order valence-electron chi connectivity index (χ1n) is 44.3. The highest BCUT2D eigenvalue weighted by Crippen LogP contribution is 2.34. The number of carbonyl (C=O) groups is 1. The normalized spacial score (nSPS) is 25.8. The summed E-state index contributed by atoms with van der Waals surface area (Å²) in [5, 5.41) is 121. The largest absolute Gasteiger partial charge is 0.394 e. The standard InChI is InChI=1S/C85H165NO18/c1-3-5-7-9-11-13-15-17-19-21-23-24-25-26-27-28-29-30-31-32-33-34-35-36-37-38-39-40-41-42-43-45-47-49-51-53-55-57-59-61-63-73(91)86-68(69(90)62-60-58-56-54-52-50-48-46-44-22-20-18-16-14-12-10-8-6-4-2)67-99-83-79(97)76(94)81(71(65-88)101-83)104-85-80(98)77(95)82(72(66-89)102-85)103-84-78(96)75(93)74(92)70(64-87)100-84/h68-72,74-85,87-90,92-98H,3-67H2,1-2H3,(H,86,91). The summed E-state index contributed by atoms with van der Waals surface area (Å²) in [7, 11) is 0. The molecule has 3 aliphatic heterocycles. The van der Waals surface area contributed by atoms with E-state index in [2.05, 4.69) is 19.2 Å². The molecule has 0 aliphatic carbocycles. The van der Waals surface area contributed by atoms with Gasteiger partial charge in [-0.05, 0) is 12.8 Å². The van der Waals surface area contributed by atoms with Crippen LogP contribution in [0.3, 0.4) is 0 Å². The summed E-state index contributed by atoms with van der Waals surface area (Å²) in [5.74, 6) is -0.232. The molecule has 3 aliphatic rings. The number of hydrogen-bond acceptors (Lipinski definition) is 18. The van der Waals surface area contributed by atoms with Gasteiger partial charge < -0.3 is 89.9 Å². The van der Waals surface area contributed by atoms with Crippen LogP contribution in [0.15, 0.2) is 0 Å². The van der Waals surface area contributed by atoms with Gasteiger partial charge in [0.05, 0.1) is 38.6 Å². The zero-order chi connectivity index (χ0) is 75.3. The Morgan fingerprint density at radius 3 is 0.837 bits per heavy atom. The Bertz CT molecular complexity index is 1880. The molecule has 17 atom stereocenters. The SMILES string of the molecule is CCCCCCCCCCCCCCCCCCCCCCCCCCCCCCCCCCCCCCCCCCC(=O)NC(COC1OC(CO)C(OC2OC(CO)C(OC3OC(CO)C(O)C(O)C3O)C(O)C2O)C(O)C1O)C(O)CCCCCCCCCCCCCCCCCCCCC. The molecule has 0 bridgehead atoms. The van der Waals surface area contributed by atoms with Crippen LogP contribution in [0.2, 0.25) is 0 Å². The van der Waals surface area contributed by atoms with Gasteiger partial charge in [-0.2, -0.15) is 0 Å². The third kappa shape index (κ3) is 45.3. The molecule has 19 nitrogen and oxygen atoms in total. The maximum Gasteiger partial charge on any atom is 0.220 e. The summed E-state index contributed by atoms with van der Waals surface area (Å²) >= 11 is 0. The van der Waals surface area contributed by atoms with E-state index in [1.165, 1.54) is 327 Å². The second-order valence-corrected chi connectivity index (χ2v) is 32.1. The number of carbonyl (C=O) groups excluding carboxylic acids is 1. The fraction of sp³-hybridized carbons (Fsp3) is 0.988. The van der Waals surface area contributed by atoms with Crippen LogP contribution in [-0.4, -0.2) is 193 Å². The van der Waals surface area contributed by atoms with Crippen molar-refractivity contribution in [2.24, 2.45) is 0 Å². The van der Waals surface area contributed by atoms with Gasteiger partial charge in [0.15, 0.2) is 18.9 Å². The van der Waals surface area contributed by atoms with E-state index in [-0.39, 0.29) is 18.9 Å². The van der Waals surface area contributed by atoms with Crippen LogP contribution < -0.4 is 5.32 Å². The van der Waals surface area contributed by atoms with Crippen LogP contribution in [-0.2, 0) is 33.2 Å². The van der Waals surface area contributed by atoms with Gasteiger partial charge in [-0.1, -0.05) is 386 Å². The zero-order valence-corrected chi connectivity index (χ0v) is 66.6. The van der Waals surface area contributed by atoms with Crippen molar-refractivity contribution in [3.63, 3.8) is 0 Å². The molecule has 618 valence electrons. The van der Waals surface area contributed by atoms with E-state index < -0.39 is 124 Å². The number of amides is 1. The van der Waals surface area contributed by atoms with Gasteiger partial charge in [-0.15, -0.1) is 0 Å². The summed E-state index contributed by atoms with van der Waals surface area (Å²) in [4.78, 5) is 13.5. The minimum absolute atomic E-state index is 0.232. The predicted molar refractivity (Wildman–Crippen MR) is 416 cm³/mol. The molecule has 3 saturated heterocycles. The number of rotatable bonds is 73.